The molecule has 0 fully saturated rings. The Balaban J connectivity index is 2.35. The van der Waals surface area contributed by atoms with Crippen LogP contribution in [0.1, 0.15) is 11.1 Å². The number of phenols is 1. The molecule has 0 bridgehead atoms. The standard InChI is InChI=1S/C12H9NO/c14-10-5-1-3-8-7-9-4-2-6-13-12(9)11(8)10/h1-6,14H,7H2. The van der Waals surface area contributed by atoms with Gasteiger partial charge in [0.2, 0.25) is 0 Å². The quantitative estimate of drug-likeness (QED) is 0.580. The van der Waals surface area contributed by atoms with E-state index in [-0.39, 0.29) is 0 Å². The van der Waals surface area contributed by atoms with Crippen molar-refractivity contribution in [1.82, 2.24) is 4.98 Å². The van der Waals surface area contributed by atoms with Crippen LogP contribution in [0, 0.1) is 0 Å². The van der Waals surface area contributed by atoms with Gasteiger partial charge in [0.15, 0.2) is 0 Å². The molecule has 2 heteroatoms. The van der Waals surface area contributed by atoms with Crippen LogP contribution in [0.25, 0.3) is 11.3 Å². The smallest absolute Gasteiger partial charge is 0.125 e. The first-order valence-electron chi connectivity index (χ1n) is 4.61. The second kappa shape index (κ2) is 2.58. The fourth-order valence-corrected chi connectivity index (χ4v) is 2.02. The number of pyridine rings is 1. The Labute approximate surface area is 81.9 Å². The monoisotopic (exact) mass is 183 g/mol. The van der Waals surface area contributed by atoms with E-state index in [9.17, 15) is 5.11 Å². The van der Waals surface area contributed by atoms with Gasteiger partial charge in [0.25, 0.3) is 0 Å². The minimum absolute atomic E-state index is 0.333. The van der Waals surface area contributed by atoms with Crippen molar-refractivity contribution in [2.75, 3.05) is 0 Å². The number of phenolic OH excluding ortho intramolecular Hbond substituents is 1. The zero-order valence-corrected chi connectivity index (χ0v) is 7.57. The summed E-state index contributed by atoms with van der Waals surface area (Å²) in [6.45, 7) is 0. The van der Waals surface area contributed by atoms with Gasteiger partial charge in [-0.05, 0) is 23.3 Å². The second-order valence-corrected chi connectivity index (χ2v) is 3.50. The van der Waals surface area contributed by atoms with Crippen molar-refractivity contribution in [2.24, 2.45) is 0 Å². The lowest BCUT2D eigenvalue weighted by Crippen LogP contribution is -1.82. The molecule has 0 radical (unpaired) electrons. The van der Waals surface area contributed by atoms with Gasteiger partial charge in [-0.2, -0.15) is 0 Å². The molecule has 0 saturated heterocycles. The predicted octanol–water partition coefficient (Wildman–Crippen LogP) is 2.36. The summed E-state index contributed by atoms with van der Waals surface area (Å²) in [4.78, 5) is 4.30. The fourth-order valence-electron chi connectivity index (χ4n) is 2.02. The SMILES string of the molecule is Oc1cccc2c1-c1ncccc1C2. The molecular weight excluding hydrogens is 174 g/mol. The van der Waals surface area contributed by atoms with Gasteiger partial charge in [-0.1, -0.05) is 18.2 Å². The van der Waals surface area contributed by atoms with E-state index in [1.807, 2.05) is 18.2 Å². The number of rotatable bonds is 0. The zero-order chi connectivity index (χ0) is 9.54. The number of hydrogen-bond donors (Lipinski definition) is 1. The first-order chi connectivity index (χ1) is 6.86. The third kappa shape index (κ3) is 0.880. The molecule has 0 unspecified atom stereocenters. The first-order valence-corrected chi connectivity index (χ1v) is 4.61. The summed E-state index contributed by atoms with van der Waals surface area (Å²) in [5.74, 6) is 0.333. The van der Waals surface area contributed by atoms with Gasteiger partial charge in [-0.3, -0.25) is 4.98 Å². The van der Waals surface area contributed by atoms with E-state index in [2.05, 4.69) is 11.1 Å². The number of aromatic hydroxyl groups is 1. The van der Waals surface area contributed by atoms with Crippen molar-refractivity contribution in [1.29, 1.82) is 0 Å². The number of fused-ring (bicyclic) bond motifs is 3. The van der Waals surface area contributed by atoms with Crippen LogP contribution in [0.3, 0.4) is 0 Å². The molecule has 2 aromatic rings. The van der Waals surface area contributed by atoms with Crippen LogP contribution in [0.4, 0.5) is 0 Å². The van der Waals surface area contributed by atoms with E-state index in [1.165, 1.54) is 11.1 Å². The molecule has 1 aromatic heterocycles. The highest BCUT2D eigenvalue weighted by molar-refractivity contribution is 5.78. The van der Waals surface area contributed by atoms with Gasteiger partial charge in [0.1, 0.15) is 5.75 Å². The van der Waals surface area contributed by atoms with Crippen molar-refractivity contribution in [3.63, 3.8) is 0 Å². The minimum Gasteiger partial charge on any atom is -0.507 e. The molecule has 0 amide bonds. The largest absolute Gasteiger partial charge is 0.507 e. The van der Waals surface area contributed by atoms with Crippen LogP contribution in [-0.2, 0) is 6.42 Å². The van der Waals surface area contributed by atoms with Crippen LogP contribution >= 0.6 is 0 Å². The summed E-state index contributed by atoms with van der Waals surface area (Å²) in [5.41, 5.74) is 4.20. The zero-order valence-electron chi connectivity index (χ0n) is 7.57. The van der Waals surface area contributed by atoms with E-state index < -0.39 is 0 Å². The van der Waals surface area contributed by atoms with Crippen molar-refractivity contribution in [3.05, 3.63) is 47.7 Å². The van der Waals surface area contributed by atoms with E-state index in [0.29, 0.717) is 5.75 Å². The predicted molar refractivity (Wildman–Crippen MR) is 54.1 cm³/mol. The molecule has 2 nitrogen and oxygen atoms in total. The molecule has 1 aliphatic rings. The molecule has 1 heterocycles. The number of hydrogen-bond acceptors (Lipinski definition) is 2. The maximum Gasteiger partial charge on any atom is 0.125 e. The third-order valence-corrected chi connectivity index (χ3v) is 2.64. The highest BCUT2D eigenvalue weighted by Crippen LogP contribution is 2.40. The van der Waals surface area contributed by atoms with E-state index in [4.69, 9.17) is 0 Å². The van der Waals surface area contributed by atoms with Gasteiger partial charge < -0.3 is 5.11 Å². The van der Waals surface area contributed by atoms with E-state index in [0.717, 1.165) is 17.7 Å². The molecule has 14 heavy (non-hydrogen) atoms. The van der Waals surface area contributed by atoms with Gasteiger partial charge in [0, 0.05) is 18.2 Å². The lowest BCUT2D eigenvalue weighted by molar-refractivity contribution is 0.477. The van der Waals surface area contributed by atoms with Crippen molar-refractivity contribution < 1.29 is 5.11 Å². The Bertz CT molecular complexity index is 505. The van der Waals surface area contributed by atoms with Crippen molar-refractivity contribution >= 4 is 0 Å². The molecule has 0 spiro atoms. The first kappa shape index (κ1) is 7.56. The molecule has 1 aromatic carbocycles. The number of aromatic nitrogens is 1. The Morgan fingerprint density at radius 2 is 1.93 bits per heavy atom. The topological polar surface area (TPSA) is 33.1 Å². The van der Waals surface area contributed by atoms with Gasteiger partial charge >= 0.3 is 0 Å². The lowest BCUT2D eigenvalue weighted by Gasteiger charge is -2.01. The Kier molecular flexibility index (Phi) is 1.39. The fraction of sp³-hybridized carbons (Fsp3) is 0.0833. The highest BCUT2D eigenvalue weighted by atomic mass is 16.3. The van der Waals surface area contributed by atoms with Gasteiger partial charge in [-0.15, -0.1) is 0 Å². The summed E-state index contributed by atoms with van der Waals surface area (Å²) >= 11 is 0. The molecule has 0 saturated carbocycles. The maximum atomic E-state index is 9.74. The van der Waals surface area contributed by atoms with E-state index in [1.54, 1.807) is 12.3 Å². The molecule has 0 atom stereocenters. The van der Waals surface area contributed by atoms with Crippen LogP contribution in [0.5, 0.6) is 5.75 Å². The Morgan fingerprint density at radius 3 is 2.86 bits per heavy atom. The normalized spacial score (nSPS) is 12.3. The summed E-state index contributed by atoms with van der Waals surface area (Å²) in [6, 6.07) is 9.61. The van der Waals surface area contributed by atoms with Crippen molar-refractivity contribution in [3.8, 4) is 17.0 Å². The van der Waals surface area contributed by atoms with Crippen LogP contribution < -0.4 is 0 Å². The average Bonchev–Trinajstić information content (AvgIpc) is 2.57. The number of benzene rings is 1. The second-order valence-electron chi connectivity index (χ2n) is 3.50. The van der Waals surface area contributed by atoms with Crippen LogP contribution in [-0.4, -0.2) is 10.1 Å². The van der Waals surface area contributed by atoms with Gasteiger partial charge in [-0.25, -0.2) is 0 Å². The van der Waals surface area contributed by atoms with E-state index >= 15 is 0 Å². The molecular formula is C12H9NO. The molecule has 68 valence electrons. The summed E-state index contributed by atoms with van der Waals surface area (Å²) in [7, 11) is 0. The maximum absolute atomic E-state index is 9.74. The molecule has 3 rings (SSSR count). The van der Waals surface area contributed by atoms with Crippen molar-refractivity contribution in [2.45, 2.75) is 6.42 Å². The average molecular weight is 183 g/mol. The third-order valence-electron chi connectivity index (χ3n) is 2.64. The molecule has 0 aliphatic heterocycles. The lowest BCUT2D eigenvalue weighted by atomic mass is 10.1. The highest BCUT2D eigenvalue weighted by Gasteiger charge is 2.21. The van der Waals surface area contributed by atoms with Crippen LogP contribution in [0.2, 0.25) is 0 Å². The number of nitrogens with zero attached hydrogens (tertiary/aromatic N) is 1. The molecule has 1 N–H and O–H groups in total. The Morgan fingerprint density at radius 1 is 1.07 bits per heavy atom. The van der Waals surface area contributed by atoms with Gasteiger partial charge in [0.05, 0.1) is 5.69 Å². The minimum atomic E-state index is 0.333. The summed E-state index contributed by atoms with van der Waals surface area (Å²) < 4.78 is 0. The van der Waals surface area contributed by atoms with Crippen LogP contribution in [0.15, 0.2) is 36.5 Å². The molecule has 1 aliphatic carbocycles. The summed E-state index contributed by atoms with van der Waals surface area (Å²) in [5, 5.41) is 9.74. The summed E-state index contributed by atoms with van der Waals surface area (Å²) in [6.07, 6.45) is 2.65. The Hall–Kier alpha value is -1.83.